The Morgan fingerprint density at radius 1 is 1.07 bits per heavy atom. The van der Waals surface area contributed by atoms with E-state index in [0.29, 0.717) is 17.5 Å². The summed E-state index contributed by atoms with van der Waals surface area (Å²) < 4.78 is 95.8. The van der Waals surface area contributed by atoms with Gasteiger partial charge in [0.1, 0.15) is 17.5 Å². The standard InChI is InChI=1S/C31H32F4N2O4S/c1-20-7-5-10-26(31(33,34)35)25(20)14-11-21-12-15-28-27(17-21)37(19-23(41-28)13-16-29(36)40-4)42(38,39)24-9-6-8-22(18-24)30(2,3)32/h5-12,14-15,17-18,23,36H,13,16,19H2,1-4H3/b14-11+,36-29?/t23-/m0/s1. The van der Waals surface area contributed by atoms with Gasteiger partial charge < -0.3 is 9.47 Å². The van der Waals surface area contributed by atoms with Crippen LogP contribution in [0.1, 0.15) is 54.5 Å². The maximum atomic E-state index is 14.7. The summed E-state index contributed by atoms with van der Waals surface area (Å²) in [6.07, 6.45) is -1.81. The van der Waals surface area contributed by atoms with Crippen LogP contribution in [0.2, 0.25) is 0 Å². The molecule has 0 spiro atoms. The van der Waals surface area contributed by atoms with Crippen molar-refractivity contribution in [1.82, 2.24) is 0 Å². The maximum Gasteiger partial charge on any atom is 0.416 e. The molecule has 1 aliphatic heterocycles. The van der Waals surface area contributed by atoms with Crippen LogP contribution in [-0.4, -0.2) is 34.1 Å². The molecule has 1 aliphatic rings. The predicted molar refractivity (Wildman–Crippen MR) is 155 cm³/mol. The molecular weight excluding hydrogens is 572 g/mol. The zero-order valence-corrected chi connectivity index (χ0v) is 24.4. The van der Waals surface area contributed by atoms with Crippen LogP contribution < -0.4 is 9.04 Å². The number of methoxy groups -OCH3 is 1. The topological polar surface area (TPSA) is 79.7 Å². The second kappa shape index (κ2) is 11.8. The minimum absolute atomic E-state index is 0.00903. The zero-order valence-electron chi connectivity index (χ0n) is 23.6. The quantitative estimate of drug-likeness (QED) is 0.123. The van der Waals surface area contributed by atoms with Gasteiger partial charge in [0.05, 0.1) is 29.8 Å². The highest BCUT2D eigenvalue weighted by atomic mass is 32.2. The molecule has 0 bridgehead atoms. The molecule has 224 valence electrons. The molecule has 1 N–H and O–H groups in total. The van der Waals surface area contributed by atoms with Gasteiger partial charge in [0.15, 0.2) is 5.90 Å². The molecule has 3 aromatic rings. The molecule has 0 unspecified atom stereocenters. The van der Waals surface area contributed by atoms with Gasteiger partial charge in [-0.15, -0.1) is 0 Å². The highest BCUT2D eigenvalue weighted by molar-refractivity contribution is 7.92. The van der Waals surface area contributed by atoms with Gasteiger partial charge in [0, 0.05) is 6.42 Å². The second-order valence-electron chi connectivity index (χ2n) is 10.5. The van der Waals surface area contributed by atoms with E-state index in [1.54, 1.807) is 25.1 Å². The number of aryl methyl sites for hydroxylation is 1. The average Bonchev–Trinajstić information content (AvgIpc) is 2.93. The monoisotopic (exact) mass is 604 g/mol. The summed E-state index contributed by atoms with van der Waals surface area (Å²) in [7, 11) is -2.85. The first kappa shape index (κ1) is 31.1. The number of ether oxygens (including phenoxy) is 2. The van der Waals surface area contributed by atoms with Crippen LogP contribution in [0.4, 0.5) is 23.2 Å². The maximum absolute atomic E-state index is 14.7. The zero-order chi connectivity index (χ0) is 30.9. The third-order valence-electron chi connectivity index (χ3n) is 7.04. The van der Waals surface area contributed by atoms with Crippen molar-refractivity contribution in [1.29, 1.82) is 5.41 Å². The molecule has 0 saturated heterocycles. The number of alkyl halides is 4. The second-order valence-corrected chi connectivity index (χ2v) is 12.4. The Morgan fingerprint density at radius 3 is 2.45 bits per heavy atom. The summed E-state index contributed by atoms with van der Waals surface area (Å²) in [6.45, 7) is 4.15. The lowest BCUT2D eigenvalue weighted by Crippen LogP contribution is -2.43. The van der Waals surface area contributed by atoms with Crippen molar-refractivity contribution in [2.75, 3.05) is 18.0 Å². The number of rotatable bonds is 8. The molecule has 1 atom stereocenters. The van der Waals surface area contributed by atoms with Gasteiger partial charge in [-0.25, -0.2) is 12.8 Å². The fraction of sp³-hybridized carbons (Fsp3) is 0.323. The molecular formula is C31H32F4N2O4S. The van der Waals surface area contributed by atoms with Gasteiger partial charge in [-0.05, 0) is 79.8 Å². The average molecular weight is 605 g/mol. The van der Waals surface area contributed by atoms with Crippen molar-refractivity contribution < 1.29 is 35.5 Å². The van der Waals surface area contributed by atoms with Crippen molar-refractivity contribution >= 4 is 33.8 Å². The Labute approximate surface area is 243 Å². The Hall–Kier alpha value is -3.86. The van der Waals surface area contributed by atoms with Crippen molar-refractivity contribution in [3.63, 3.8) is 0 Å². The Balaban J connectivity index is 1.77. The first-order valence-corrected chi connectivity index (χ1v) is 14.6. The normalized spacial score (nSPS) is 15.8. The van der Waals surface area contributed by atoms with Crippen molar-refractivity contribution in [2.24, 2.45) is 0 Å². The van der Waals surface area contributed by atoms with E-state index in [1.807, 2.05) is 0 Å². The van der Waals surface area contributed by atoms with E-state index in [1.165, 1.54) is 73.8 Å². The Kier molecular flexibility index (Phi) is 8.73. The van der Waals surface area contributed by atoms with E-state index < -0.39 is 33.5 Å². The summed E-state index contributed by atoms with van der Waals surface area (Å²) in [5.74, 6) is 0.274. The largest absolute Gasteiger partial charge is 0.486 e. The van der Waals surface area contributed by atoms with E-state index in [-0.39, 0.29) is 46.3 Å². The van der Waals surface area contributed by atoms with Gasteiger partial charge >= 0.3 is 6.18 Å². The van der Waals surface area contributed by atoms with Gasteiger partial charge in [0.2, 0.25) is 0 Å². The van der Waals surface area contributed by atoms with Crippen LogP contribution in [0, 0.1) is 12.3 Å². The van der Waals surface area contributed by atoms with Crippen LogP contribution in [0.5, 0.6) is 5.75 Å². The number of halogens is 4. The summed E-state index contributed by atoms with van der Waals surface area (Å²) in [5.41, 5.74) is -1.27. The third-order valence-corrected chi connectivity index (χ3v) is 8.81. The lowest BCUT2D eigenvalue weighted by Gasteiger charge is -2.36. The number of benzene rings is 3. The molecule has 0 saturated carbocycles. The number of hydrogen-bond acceptors (Lipinski definition) is 5. The molecule has 0 fully saturated rings. The number of sulfonamides is 1. The Morgan fingerprint density at radius 2 is 1.79 bits per heavy atom. The lowest BCUT2D eigenvalue weighted by molar-refractivity contribution is -0.137. The molecule has 0 radical (unpaired) electrons. The SMILES string of the molecule is COC(=N)CC[C@H]1CN(S(=O)(=O)c2cccc(C(C)(C)F)c2)c2cc(/C=C/c3c(C)cccc3C(F)(F)F)ccc2O1. The molecule has 42 heavy (non-hydrogen) atoms. The number of nitrogens with zero attached hydrogens (tertiary/aromatic N) is 1. The predicted octanol–water partition coefficient (Wildman–Crippen LogP) is 7.75. The van der Waals surface area contributed by atoms with Gasteiger partial charge in [-0.3, -0.25) is 9.71 Å². The molecule has 0 aromatic heterocycles. The molecule has 6 nitrogen and oxygen atoms in total. The molecule has 0 amide bonds. The van der Waals surface area contributed by atoms with Gasteiger partial charge in [0.25, 0.3) is 10.0 Å². The summed E-state index contributed by atoms with van der Waals surface area (Å²) >= 11 is 0. The highest BCUT2D eigenvalue weighted by Gasteiger charge is 2.36. The van der Waals surface area contributed by atoms with Crippen LogP contribution in [0.25, 0.3) is 12.2 Å². The van der Waals surface area contributed by atoms with E-state index in [9.17, 15) is 26.0 Å². The summed E-state index contributed by atoms with van der Waals surface area (Å²) in [4.78, 5) is -0.113. The van der Waals surface area contributed by atoms with Crippen LogP contribution in [0.15, 0.2) is 65.6 Å². The van der Waals surface area contributed by atoms with Crippen molar-refractivity contribution in [3.05, 3.63) is 88.5 Å². The number of nitrogens with one attached hydrogen (secondary N) is 1. The summed E-state index contributed by atoms with van der Waals surface area (Å²) in [6, 6.07) is 14.3. The van der Waals surface area contributed by atoms with E-state index in [4.69, 9.17) is 14.9 Å². The smallest absolute Gasteiger partial charge is 0.416 e. The number of anilines is 1. The molecule has 4 rings (SSSR count). The van der Waals surface area contributed by atoms with E-state index in [2.05, 4.69) is 0 Å². The Bertz CT molecular complexity index is 1610. The number of fused-ring (bicyclic) bond motifs is 1. The van der Waals surface area contributed by atoms with Crippen molar-refractivity contribution in [2.45, 2.75) is 56.5 Å². The first-order valence-electron chi connectivity index (χ1n) is 13.2. The first-order chi connectivity index (χ1) is 19.6. The third kappa shape index (κ3) is 6.78. The van der Waals surface area contributed by atoms with E-state index >= 15 is 0 Å². The summed E-state index contributed by atoms with van der Waals surface area (Å²) in [5, 5.41) is 7.78. The minimum Gasteiger partial charge on any atom is -0.486 e. The molecule has 0 aliphatic carbocycles. The van der Waals surface area contributed by atoms with Crippen molar-refractivity contribution in [3.8, 4) is 5.75 Å². The van der Waals surface area contributed by atoms with Crippen LogP contribution >= 0.6 is 0 Å². The van der Waals surface area contributed by atoms with Gasteiger partial charge in [-0.2, -0.15) is 13.2 Å². The fourth-order valence-corrected chi connectivity index (χ4v) is 6.23. The minimum atomic E-state index is -4.54. The van der Waals surface area contributed by atoms with Gasteiger partial charge in [-0.1, -0.05) is 42.5 Å². The van der Waals surface area contributed by atoms with Crippen LogP contribution in [-0.2, 0) is 26.6 Å². The lowest BCUT2D eigenvalue weighted by atomic mass is 10.00. The number of hydrogen-bond donors (Lipinski definition) is 1. The van der Waals surface area contributed by atoms with E-state index in [0.717, 1.165) is 6.07 Å². The molecule has 3 aromatic carbocycles. The molecule has 1 heterocycles. The molecule has 11 heteroatoms. The fourth-order valence-electron chi connectivity index (χ4n) is 4.69. The van der Waals surface area contributed by atoms with Crippen LogP contribution in [0.3, 0.4) is 0 Å². The highest BCUT2D eigenvalue weighted by Crippen LogP contribution is 2.40.